The molecule has 6 heteroatoms. The van der Waals surface area contributed by atoms with E-state index in [0.29, 0.717) is 5.06 Å². The molecule has 0 rings (SSSR count). The summed E-state index contributed by atoms with van der Waals surface area (Å²) in [4.78, 5) is 22.4. The van der Waals surface area contributed by atoms with Crippen molar-refractivity contribution in [2.75, 3.05) is 13.6 Å². The number of likely N-dealkylation sites (N-methyl/N-ethyl adjacent to an activating group) is 1. The van der Waals surface area contributed by atoms with Gasteiger partial charge in [0.25, 0.3) is 0 Å². The van der Waals surface area contributed by atoms with Crippen LogP contribution in [0.2, 0.25) is 0 Å². The Labute approximate surface area is 152 Å². The molecule has 0 spiro atoms. The summed E-state index contributed by atoms with van der Waals surface area (Å²) in [6.45, 7) is 1.92. The monoisotopic (exact) mass is 311 g/mol. The standard InChI is InChI=1S/C15H29NO4.Na.H/c1-3-4-5-6-7-8-9-10-11-12-14(17)20-15(18)13-16(2)19;;/h19H,3-13H2,1-2H3;;/q;+1;-1. The molecule has 5 nitrogen and oxygen atoms in total. The Morgan fingerprint density at radius 1 is 0.952 bits per heavy atom. The fraction of sp³-hybridized carbons (Fsp3) is 0.867. The zero-order valence-electron chi connectivity index (χ0n) is 14.9. The molecule has 21 heavy (non-hydrogen) atoms. The third-order valence-corrected chi connectivity index (χ3v) is 3.07. The predicted octanol–water partition coefficient (Wildman–Crippen LogP) is 0.415. The Balaban J connectivity index is -0.00000180. The Morgan fingerprint density at radius 3 is 1.90 bits per heavy atom. The van der Waals surface area contributed by atoms with Gasteiger partial charge in [0.2, 0.25) is 0 Å². The summed E-state index contributed by atoms with van der Waals surface area (Å²) in [5.41, 5.74) is 0. The smallest absolute Gasteiger partial charge is 1.00 e. The largest absolute Gasteiger partial charge is 1.00 e. The number of carbonyl (C=O) groups is 2. The molecule has 0 aromatic carbocycles. The molecule has 0 radical (unpaired) electrons. The number of hydrogen-bond donors (Lipinski definition) is 1. The number of carbonyl (C=O) groups excluding carboxylic acids is 2. The maximum absolute atomic E-state index is 11.3. The number of unbranched alkanes of at least 4 members (excludes halogenated alkanes) is 8. The molecule has 0 aromatic rings. The van der Waals surface area contributed by atoms with Crippen LogP contribution in [0, 0.1) is 0 Å². The fourth-order valence-electron chi connectivity index (χ4n) is 1.98. The topological polar surface area (TPSA) is 66.8 Å². The molecule has 0 aliphatic carbocycles. The van der Waals surface area contributed by atoms with Crippen molar-refractivity contribution in [3.8, 4) is 0 Å². The number of rotatable bonds is 12. The maximum atomic E-state index is 11.3. The molecule has 0 unspecified atom stereocenters. The molecule has 1 N–H and O–H groups in total. The molecule has 0 aliphatic rings. The van der Waals surface area contributed by atoms with Crippen molar-refractivity contribution in [3.05, 3.63) is 0 Å². The normalized spacial score (nSPS) is 10.3. The van der Waals surface area contributed by atoms with Gasteiger partial charge in [-0.25, -0.2) is 0 Å². The van der Waals surface area contributed by atoms with Gasteiger partial charge < -0.3 is 11.4 Å². The summed E-state index contributed by atoms with van der Waals surface area (Å²) >= 11 is 0. The van der Waals surface area contributed by atoms with Gasteiger partial charge in [-0.05, 0) is 6.42 Å². The third kappa shape index (κ3) is 18.0. The number of hydroxylamine groups is 2. The summed E-state index contributed by atoms with van der Waals surface area (Å²) in [7, 11) is 1.33. The first-order valence-electron chi connectivity index (χ1n) is 7.69. The van der Waals surface area contributed by atoms with Crippen molar-refractivity contribution in [1.82, 2.24) is 5.06 Å². The van der Waals surface area contributed by atoms with Crippen LogP contribution in [0.25, 0.3) is 0 Å². The van der Waals surface area contributed by atoms with Crippen LogP contribution < -0.4 is 29.6 Å². The minimum atomic E-state index is -0.712. The zero-order valence-corrected chi connectivity index (χ0v) is 15.9. The molecule has 0 amide bonds. The number of esters is 2. The van der Waals surface area contributed by atoms with Gasteiger partial charge in [-0.3, -0.25) is 9.59 Å². The molecular weight excluding hydrogens is 281 g/mol. The van der Waals surface area contributed by atoms with Crippen LogP contribution >= 0.6 is 0 Å². The molecule has 0 fully saturated rings. The molecule has 0 saturated carbocycles. The number of hydrogen-bond acceptors (Lipinski definition) is 5. The van der Waals surface area contributed by atoms with E-state index in [1.807, 2.05) is 0 Å². The first-order chi connectivity index (χ1) is 9.56. The average Bonchev–Trinajstić information content (AvgIpc) is 2.35. The van der Waals surface area contributed by atoms with Crippen molar-refractivity contribution in [3.63, 3.8) is 0 Å². The van der Waals surface area contributed by atoms with Crippen LogP contribution in [-0.4, -0.2) is 35.8 Å². The molecule has 0 aliphatic heterocycles. The second kappa shape index (κ2) is 16.4. The van der Waals surface area contributed by atoms with E-state index in [1.165, 1.54) is 45.6 Å². The van der Waals surface area contributed by atoms with Crippen molar-refractivity contribution in [1.29, 1.82) is 0 Å². The van der Waals surface area contributed by atoms with Gasteiger partial charge in [0.05, 0.1) is 0 Å². The number of nitrogens with zero attached hydrogens (tertiary/aromatic N) is 1. The van der Waals surface area contributed by atoms with Gasteiger partial charge in [0, 0.05) is 13.5 Å². The Bertz CT molecular complexity index is 278. The molecule has 0 saturated heterocycles. The van der Waals surface area contributed by atoms with E-state index in [1.54, 1.807) is 0 Å². The summed E-state index contributed by atoms with van der Waals surface area (Å²) in [5, 5.41) is 9.50. The second-order valence-corrected chi connectivity index (χ2v) is 5.24. The molecule has 0 aromatic heterocycles. The SMILES string of the molecule is CCCCCCCCCCCC(=O)OC(=O)CN(C)O.[H-].[Na+]. The van der Waals surface area contributed by atoms with Crippen molar-refractivity contribution < 1.29 is 50.5 Å². The van der Waals surface area contributed by atoms with E-state index in [-0.39, 0.29) is 43.9 Å². The Morgan fingerprint density at radius 2 is 1.43 bits per heavy atom. The maximum Gasteiger partial charge on any atom is 1.00 e. The van der Waals surface area contributed by atoms with Gasteiger partial charge in [-0.15, -0.1) is 0 Å². The van der Waals surface area contributed by atoms with Crippen LogP contribution in [0.15, 0.2) is 0 Å². The van der Waals surface area contributed by atoms with E-state index >= 15 is 0 Å². The Kier molecular flexibility index (Phi) is 18.3. The molecule has 120 valence electrons. The summed E-state index contributed by atoms with van der Waals surface area (Å²) in [6, 6.07) is 0. The summed E-state index contributed by atoms with van der Waals surface area (Å²) in [5.74, 6) is -1.21. The van der Waals surface area contributed by atoms with Gasteiger partial charge >= 0.3 is 41.5 Å². The molecule has 0 atom stereocenters. The zero-order chi connectivity index (χ0) is 15.2. The first-order valence-corrected chi connectivity index (χ1v) is 7.69. The van der Waals surface area contributed by atoms with E-state index in [2.05, 4.69) is 11.7 Å². The van der Waals surface area contributed by atoms with Gasteiger partial charge in [-0.1, -0.05) is 58.3 Å². The average molecular weight is 311 g/mol. The summed E-state index contributed by atoms with van der Waals surface area (Å²) in [6.07, 6.45) is 10.9. The minimum absolute atomic E-state index is 0. The van der Waals surface area contributed by atoms with Crippen LogP contribution in [0.3, 0.4) is 0 Å². The van der Waals surface area contributed by atoms with Gasteiger partial charge in [-0.2, -0.15) is 5.06 Å². The van der Waals surface area contributed by atoms with Crippen molar-refractivity contribution >= 4 is 11.9 Å². The number of ether oxygens (including phenoxy) is 1. The third-order valence-electron chi connectivity index (χ3n) is 3.07. The van der Waals surface area contributed by atoms with Crippen LogP contribution in [0.5, 0.6) is 0 Å². The second-order valence-electron chi connectivity index (χ2n) is 5.24. The quantitative estimate of drug-likeness (QED) is 0.186. The minimum Gasteiger partial charge on any atom is -1.00 e. The van der Waals surface area contributed by atoms with Gasteiger partial charge in [0.15, 0.2) is 0 Å². The molecular formula is C15H30NNaO4. The predicted molar refractivity (Wildman–Crippen MR) is 78.5 cm³/mol. The van der Waals surface area contributed by atoms with E-state index < -0.39 is 11.9 Å². The van der Waals surface area contributed by atoms with Crippen LogP contribution in [-0.2, 0) is 14.3 Å². The molecule has 0 heterocycles. The summed E-state index contributed by atoms with van der Waals surface area (Å²) < 4.78 is 4.55. The fourth-order valence-corrected chi connectivity index (χ4v) is 1.98. The van der Waals surface area contributed by atoms with Crippen LogP contribution in [0.1, 0.15) is 72.6 Å². The van der Waals surface area contributed by atoms with Crippen LogP contribution in [0.4, 0.5) is 0 Å². The Hall–Kier alpha value is 0.0600. The van der Waals surface area contributed by atoms with E-state index in [9.17, 15) is 9.59 Å². The molecule has 0 bridgehead atoms. The van der Waals surface area contributed by atoms with Gasteiger partial charge in [0.1, 0.15) is 6.54 Å². The van der Waals surface area contributed by atoms with Crippen molar-refractivity contribution in [2.24, 2.45) is 0 Å². The van der Waals surface area contributed by atoms with E-state index in [0.717, 1.165) is 19.3 Å². The first kappa shape index (κ1) is 23.3. The van der Waals surface area contributed by atoms with Crippen molar-refractivity contribution in [2.45, 2.75) is 71.1 Å². The van der Waals surface area contributed by atoms with E-state index in [4.69, 9.17) is 5.21 Å².